The Kier molecular flexibility index (Phi) is 4.66. The average molecular weight is 316 g/mol. The summed E-state index contributed by atoms with van der Waals surface area (Å²) in [5.41, 5.74) is 2.31. The van der Waals surface area contributed by atoms with Gasteiger partial charge in [0, 0.05) is 40.1 Å². The molecule has 23 heavy (non-hydrogen) atoms. The number of piperidine rings is 1. The number of fused-ring (bicyclic) bond motifs is 1. The largest absolute Gasteiger partial charge is 0.380 e. The second-order valence-electron chi connectivity index (χ2n) is 6.42. The van der Waals surface area contributed by atoms with Crippen molar-refractivity contribution in [3.8, 4) is 0 Å². The van der Waals surface area contributed by atoms with Crippen LogP contribution in [0.5, 0.6) is 0 Å². The average Bonchev–Trinajstić information content (AvgIpc) is 2.59. The predicted octanol–water partition coefficient (Wildman–Crippen LogP) is 1.60. The van der Waals surface area contributed by atoms with Crippen molar-refractivity contribution >= 4 is 11.8 Å². The van der Waals surface area contributed by atoms with Gasteiger partial charge in [-0.25, -0.2) is 0 Å². The molecule has 1 aromatic rings. The van der Waals surface area contributed by atoms with Gasteiger partial charge in [0.25, 0.3) is 0 Å². The Morgan fingerprint density at radius 3 is 2.65 bits per heavy atom. The standard InChI is InChI=1S/C18H24N2O3/c1-13(21)20-11-15-7-4-3-6-14(15)10-17(20)18(22)19-9-5-8-16(12-19)23-2/h3-4,6-7,16-17H,5,8-12H2,1-2H3. The summed E-state index contributed by atoms with van der Waals surface area (Å²) in [7, 11) is 1.69. The lowest BCUT2D eigenvalue weighted by Gasteiger charge is -2.40. The highest BCUT2D eigenvalue weighted by Gasteiger charge is 2.36. The van der Waals surface area contributed by atoms with Gasteiger partial charge in [-0.15, -0.1) is 0 Å². The number of rotatable bonds is 2. The van der Waals surface area contributed by atoms with E-state index in [9.17, 15) is 9.59 Å². The molecule has 0 radical (unpaired) electrons. The Morgan fingerprint density at radius 2 is 1.96 bits per heavy atom. The second-order valence-corrected chi connectivity index (χ2v) is 6.42. The minimum atomic E-state index is -0.391. The van der Waals surface area contributed by atoms with E-state index in [-0.39, 0.29) is 17.9 Å². The van der Waals surface area contributed by atoms with Crippen molar-refractivity contribution in [1.29, 1.82) is 0 Å². The van der Waals surface area contributed by atoms with Gasteiger partial charge in [-0.2, -0.15) is 0 Å². The third-order valence-electron chi connectivity index (χ3n) is 4.96. The van der Waals surface area contributed by atoms with Crippen LogP contribution in [0.3, 0.4) is 0 Å². The van der Waals surface area contributed by atoms with E-state index >= 15 is 0 Å². The number of methoxy groups -OCH3 is 1. The highest BCUT2D eigenvalue weighted by molar-refractivity contribution is 5.88. The molecule has 2 atom stereocenters. The highest BCUT2D eigenvalue weighted by atomic mass is 16.5. The van der Waals surface area contributed by atoms with Crippen LogP contribution < -0.4 is 0 Å². The zero-order valence-electron chi connectivity index (χ0n) is 13.8. The number of nitrogens with zero attached hydrogens (tertiary/aromatic N) is 2. The van der Waals surface area contributed by atoms with Gasteiger partial charge in [0.05, 0.1) is 6.10 Å². The fourth-order valence-corrected chi connectivity index (χ4v) is 3.62. The molecule has 3 rings (SSSR count). The summed E-state index contributed by atoms with van der Waals surface area (Å²) >= 11 is 0. The molecule has 0 saturated carbocycles. The molecule has 0 N–H and O–H groups in total. The van der Waals surface area contributed by atoms with Crippen molar-refractivity contribution in [3.05, 3.63) is 35.4 Å². The molecule has 2 aliphatic rings. The highest BCUT2D eigenvalue weighted by Crippen LogP contribution is 2.25. The number of ether oxygens (including phenoxy) is 1. The van der Waals surface area contributed by atoms with Gasteiger partial charge in [0.2, 0.25) is 11.8 Å². The molecule has 5 nitrogen and oxygen atoms in total. The molecular formula is C18H24N2O3. The minimum Gasteiger partial charge on any atom is -0.380 e. The maximum Gasteiger partial charge on any atom is 0.245 e. The molecule has 0 aromatic heterocycles. The van der Waals surface area contributed by atoms with Gasteiger partial charge >= 0.3 is 0 Å². The van der Waals surface area contributed by atoms with Gasteiger partial charge in [-0.05, 0) is 24.0 Å². The van der Waals surface area contributed by atoms with Crippen molar-refractivity contribution < 1.29 is 14.3 Å². The smallest absolute Gasteiger partial charge is 0.245 e. The van der Waals surface area contributed by atoms with E-state index in [0.717, 1.165) is 24.9 Å². The lowest BCUT2D eigenvalue weighted by Crippen LogP contribution is -2.55. The molecule has 0 bridgehead atoms. The van der Waals surface area contributed by atoms with Crippen molar-refractivity contribution in [3.63, 3.8) is 0 Å². The molecule has 0 aliphatic carbocycles. The first-order chi connectivity index (χ1) is 11.1. The second kappa shape index (κ2) is 6.71. The van der Waals surface area contributed by atoms with E-state index < -0.39 is 6.04 Å². The third kappa shape index (κ3) is 3.24. The number of hydrogen-bond acceptors (Lipinski definition) is 3. The molecule has 2 amide bonds. The molecule has 2 heterocycles. The lowest BCUT2D eigenvalue weighted by molar-refractivity contribution is -0.148. The third-order valence-corrected chi connectivity index (χ3v) is 4.96. The molecule has 1 fully saturated rings. The number of benzene rings is 1. The number of carbonyl (C=O) groups excluding carboxylic acids is 2. The van der Waals surface area contributed by atoms with Gasteiger partial charge in [0.15, 0.2) is 0 Å². The Bertz CT molecular complexity index is 602. The first-order valence-corrected chi connectivity index (χ1v) is 8.25. The number of likely N-dealkylation sites (tertiary alicyclic amines) is 1. The monoisotopic (exact) mass is 316 g/mol. The Balaban J connectivity index is 1.81. The minimum absolute atomic E-state index is 0.0434. The van der Waals surface area contributed by atoms with Gasteiger partial charge < -0.3 is 14.5 Å². The van der Waals surface area contributed by atoms with E-state index in [4.69, 9.17) is 4.74 Å². The van der Waals surface area contributed by atoms with Crippen LogP contribution >= 0.6 is 0 Å². The van der Waals surface area contributed by atoms with Crippen LogP contribution in [0.15, 0.2) is 24.3 Å². The van der Waals surface area contributed by atoms with E-state index in [2.05, 4.69) is 6.07 Å². The van der Waals surface area contributed by atoms with E-state index in [1.807, 2.05) is 23.1 Å². The Hall–Kier alpha value is -1.88. The Morgan fingerprint density at radius 1 is 1.22 bits per heavy atom. The van der Waals surface area contributed by atoms with E-state index in [0.29, 0.717) is 19.5 Å². The van der Waals surface area contributed by atoms with Crippen LogP contribution in [0.2, 0.25) is 0 Å². The topological polar surface area (TPSA) is 49.9 Å². The number of amides is 2. The zero-order chi connectivity index (χ0) is 16.4. The summed E-state index contributed by atoms with van der Waals surface area (Å²) in [6, 6.07) is 7.67. The van der Waals surface area contributed by atoms with Crippen LogP contribution in [0.25, 0.3) is 0 Å². The normalized spacial score (nSPS) is 24.3. The number of hydrogen-bond donors (Lipinski definition) is 0. The van der Waals surface area contributed by atoms with Crippen molar-refractivity contribution in [2.45, 2.75) is 44.9 Å². The quantitative estimate of drug-likeness (QED) is 0.833. The summed E-state index contributed by atoms with van der Waals surface area (Å²) in [5.74, 6) is 0.00890. The molecule has 0 spiro atoms. The van der Waals surface area contributed by atoms with E-state index in [1.54, 1.807) is 18.9 Å². The molecule has 2 unspecified atom stereocenters. The SMILES string of the molecule is COC1CCCN(C(=O)C2Cc3ccccc3CN2C(C)=O)C1. The molecule has 1 aromatic carbocycles. The van der Waals surface area contributed by atoms with Crippen LogP contribution in [-0.4, -0.2) is 54.0 Å². The van der Waals surface area contributed by atoms with Gasteiger partial charge in [-0.1, -0.05) is 24.3 Å². The molecular weight excluding hydrogens is 292 g/mol. The summed E-state index contributed by atoms with van der Waals surface area (Å²) in [6.07, 6.45) is 2.65. The summed E-state index contributed by atoms with van der Waals surface area (Å²) in [5, 5.41) is 0. The molecule has 5 heteroatoms. The van der Waals surface area contributed by atoms with Crippen LogP contribution in [0.1, 0.15) is 30.9 Å². The van der Waals surface area contributed by atoms with E-state index in [1.165, 1.54) is 5.56 Å². The predicted molar refractivity (Wildman–Crippen MR) is 86.8 cm³/mol. The molecule has 1 saturated heterocycles. The first-order valence-electron chi connectivity index (χ1n) is 8.25. The summed E-state index contributed by atoms with van der Waals surface area (Å²) in [6.45, 7) is 3.44. The zero-order valence-corrected chi connectivity index (χ0v) is 13.8. The maximum absolute atomic E-state index is 13.0. The Labute approximate surface area is 137 Å². The molecule has 124 valence electrons. The van der Waals surface area contributed by atoms with Crippen molar-refractivity contribution in [2.24, 2.45) is 0 Å². The van der Waals surface area contributed by atoms with Crippen molar-refractivity contribution in [2.75, 3.05) is 20.2 Å². The van der Waals surface area contributed by atoms with Crippen LogP contribution in [0.4, 0.5) is 0 Å². The number of carbonyl (C=O) groups is 2. The van der Waals surface area contributed by atoms with Crippen molar-refractivity contribution in [1.82, 2.24) is 9.80 Å². The van der Waals surface area contributed by atoms with Gasteiger partial charge in [0.1, 0.15) is 6.04 Å². The molecule has 2 aliphatic heterocycles. The van der Waals surface area contributed by atoms with Gasteiger partial charge in [-0.3, -0.25) is 9.59 Å². The van der Waals surface area contributed by atoms with Crippen LogP contribution in [-0.2, 0) is 27.3 Å². The summed E-state index contributed by atoms with van der Waals surface area (Å²) < 4.78 is 5.41. The van der Waals surface area contributed by atoms with Crippen LogP contribution in [0, 0.1) is 0 Å². The fraction of sp³-hybridized carbons (Fsp3) is 0.556. The maximum atomic E-state index is 13.0. The summed E-state index contributed by atoms with van der Waals surface area (Å²) in [4.78, 5) is 28.6. The first kappa shape index (κ1) is 16.0. The lowest BCUT2D eigenvalue weighted by atomic mass is 9.92. The fourth-order valence-electron chi connectivity index (χ4n) is 3.62.